The smallest absolute Gasteiger partial charge is 0.306 e. The zero-order valence-electron chi connectivity index (χ0n) is 36.3. The highest BCUT2D eigenvalue weighted by Crippen LogP contribution is 2.24. The van der Waals surface area contributed by atoms with Gasteiger partial charge in [0, 0.05) is 12.8 Å². The number of unbranched alkanes of at least 4 members (excludes halogenated alkanes) is 9. The van der Waals surface area contributed by atoms with E-state index in [0.717, 1.165) is 83.5 Å². The van der Waals surface area contributed by atoms with Crippen LogP contribution in [0.2, 0.25) is 0 Å². The first-order chi connectivity index (χ1) is 29.0. The summed E-state index contributed by atoms with van der Waals surface area (Å²) in [6.45, 7) is 3.54. The topological polar surface area (TPSA) is 186 Å². The standard InChI is InChI=1S/C47H76O12S/c1-3-5-7-9-11-13-15-17-19-20-22-24-26-28-30-32-34-36-43(49)58-40(38-57-47-46(52)45(51)44(50)41(59-47)39-60(53,54)55)37-56-42(48)35-33-31-29-27-25-23-21-18-16-14-12-10-8-6-4-2/h6,8,11-14,17-19,21-22,24-25,27,40-41,44-47,50-52H,3-5,7,9-10,15-16,20,23,26,28-39H2,1-2H3,(H,53,54,55)/b8-6+,13-11+,14-12+,19-17+,21-18+,24-22+,27-25+/t40-,41-,44-,45?,46?,47+/m1/s1. The van der Waals surface area contributed by atoms with E-state index in [-0.39, 0.29) is 19.4 Å². The largest absolute Gasteiger partial charge is 0.462 e. The first-order valence-electron chi connectivity index (χ1n) is 22.1. The molecule has 1 fully saturated rings. The molecule has 0 aliphatic carbocycles. The van der Waals surface area contributed by atoms with E-state index in [0.29, 0.717) is 12.8 Å². The van der Waals surface area contributed by atoms with Gasteiger partial charge in [0.2, 0.25) is 0 Å². The van der Waals surface area contributed by atoms with Gasteiger partial charge in [-0.25, -0.2) is 0 Å². The zero-order chi connectivity index (χ0) is 44.1. The Morgan fingerprint density at radius 3 is 1.58 bits per heavy atom. The number of allylic oxidation sites excluding steroid dienone is 14. The van der Waals surface area contributed by atoms with E-state index in [2.05, 4.69) is 98.9 Å². The van der Waals surface area contributed by atoms with Crippen LogP contribution in [0.15, 0.2) is 85.1 Å². The van der Waals surface area contributed by atoms with Crippen LogP contribution in [-0.4, -0.2) is 96.0 Å². The van der Waals surface area contributed by atoms with Crippen LogP contribution in [-0.2, 0) is 38.7 Å². The predicted molar refractivity (Wildman–Crippen MR) is 238 cm³/mol. The third-order valence-electron chi connectivity index (χ3n) is 9.46. The van der Waals surface area contributed by atoms with E-state index in [4.69, 9.17) is 18.9 Å². The molecule has 13 heteroatoms. The monoisotopic (exact) mass is 865 g/mol. The van der Waals surface area contributed by atoms with Gasteiger partial charge in [-0.05, 0) is 89.9 Å². The van der Waals surface area contributed by atoms with Crippen molar-refractivity contribution in [1.29, 1.82) is 0 Å². The summed E-state index contributed by atoms with van der Waals surface area (Å²) in [4.78, 5) is 25.4. The first kappa shape index (κ1) is 54.8. The van der Waals surface area contributed by atoms with Crippen LogP contribution in [0, 0.1) is 0 Å². The molecule has 0 saturated carbocycles. The second-order valence-corrected chi connectivity index (χ2v) is 16.5. The maximum Gasteiger partial charge on any atom is 0.306 e. The van der Waals surface area contributed by atoms with Crippen LogP contribution in [0.4, 0.5) is 0 Å². The Labute approximate surface area is 360 Å². The van der Waals surface area contributed by atoms with Gasteiger partial charge < -0.3 is 34.3 Å². The van der Waals surface area contributed by atoms with Gasteiger partial charge in [-0.15, -0.1) is 0 Å². The molecule has 0 radical (unpaired) electrons. The van der Waals surface area contributed by atoms with Gasteiger partial charge in [-0.1, -0.05) is 125 Å². The molecule has 12 nitrogen and oxygen atoms in total. The SMILES string of the molecule is CC/C=C/C/C=C/C/C=C/C/C=C/CCCCC(=O)OC[C@H](CO[C@H]1O[C@H](CS(=O)(=O)O)[C@@H](O)C(O)C1O)OC(=O)CCCCCC/C=C/C/C=C/C/C=C/CCCCC. The molecule has 0 aromatic rings. The van der Waals surface area contributed by atoms with E-state index < -0.39 is 71.2 Å². The van der Waals surface area contributed by atoms with Gasteiger partial charge in [0.25, 0.3) is 10.1 Å². The third kappa shape index (κ3) is 30.8. The summed E-state index contributed by atoms with van der Waals surface area (Å²) in [6, 6.07) is 0. The molecular weight excluding hydrogens is 789 g/mol. The molecule has 1 heterocycles. The predicted octanol–water partition coefficient (Wildman–Crippen LogP) is 8.89. The highest BCUT2D eigenvalue weighted by atomic mass is 32.2. The lowest BCUT2D eigenvalue weighted by molar-refractivity contribution is -0.297. The molecule has 1 rings (SSSR count). The molecule has 0 spiro atoms. The van der Waals surface area contributed by atoms with Crippen LogP contribution < -0.4 is 0 Å². The van der Waals surface area contributed by atoms with Crippen molar-refractivity contribution in [1.82, 2.24) is 0 Å². The van der Waals surface area contributed by atoms with Crippen molar-refractivity contribution in [3.63, 3.8) is 0 Å². The summed E-state index contributed by atoms with van der Waals surface area (Å²) in [6.07, 6.45) is 37.7. The number of esters is 2. The van der Waals surface area contributed by atoms with Crippen molar-refractivity contribution in [2.75, 3.05) is 19.0 Å². The summed E-state index contributed by atoms with van der Waals surface area (Å²) < 4.78 is 54.0. The summed E-state index contributed by atoms with van der Waals surface area (Å²) in [5, 5.41) is 30.9. The fraction of sp³-hybridized carbons (Fsp3) is 0.660. The Morgan fingerprint density at radius 2 is 1.05 bits per heavy atom. The van der Waals surface area contributed by atoms with Crippen molar-refractivity contribution >= 4 is 22.1 Å². The number of ether oxygens (including phenoxy) is 4. The molecular formula is C47H76O12S. The van der Waals surface area contributed by atoms with Gasteiger partial charge in [-0.3, -0.25) is 14.1 Å². The lowest BCUT2D eigenvalue weighted by atomic mass is 10.00. The highest BCUT2D eigenvalue weighted by molar-refractivity contribution is 7.85. The fourth-order valence-electron chi connectivity index (χ4n) is 6.02. The van der Waals surface area contributed by atoms with Gasteiger partial charge in [0.1, 0.15) is 36.8 Å². The van der Waals surface area contributed by atoms with Gasteiger partial charge in [0.05, 0.1) is 6.61 Å². The molecule has 6 atom stereocenters. The van der Waals surface area contributed by atoms with Gasteiger partial charge in [-0.2, -0.15) is 8.42 Å². The number of hydrogen-bond acceptors (Lipinski definition) is 11. The number of carbonyl (C=O) groups is 2. The average molecular weight is 865 g/mol. The fourth-order valence-corrected chi connectivity index (χ4v) is 6.72. The zero-order valence-corrected chi connectivity index (χ0v) is 37.1. The van der Waals surface area contributed by atoms with Crippen molar-refractivity contribution in [3.05, 3.63) is 85.1 Å². The normalized spacial score (nSPS) is 20.9. The summed E-state index contributed by atoms with van der Waals surface area (Å²) in [7, 11) is -4.61. The molecule has 60 heavy (non-hydrogen) atoms. The third-order valence-corrected chi connectivity index (χ3v) is 10.2. The number of hydrogen-bond donors (Lipinski definition) is 4. The number of carbonyl (C=O) groups excluding carboxylic acids is 2. The first-order valence-corrected chi connectivity index (χ1v) is 23.8. The van der Waals surface area contributed by atoms with E-state index in [9.17, 15) is 37.9 Å². The maximum atomic E-state index is 12.8. The number of aliphatic hydroxyl groups excluding tert-OH is 3. The maximum absolute atomic E-state index is 12.8. The van der Waals surface area contributed by atoms with Crippen LogP contribution in [0.3, 0.4) is 0 Å². The van der Waals surface area contributed by atoms with E-state index in [1.54, 1.807) is 0 Å². The summed E-state index contributed by atoms with van der Waals surface area (Å²) in [5.41, 5.74) is 0. The number of aliphatic hydroxyl groups is 3. The quantitative estimate of drug-likeness (QED) is 0.0206. The Kier molecular flexibility index (Phi) is 33.3. The molecule has 4 N–H and O–H groups in total. The Balaban J connectivity index is 2.52. The molecule has 342 valence electrons. The molecule has 0 aromatic carbocycles. The molecule has 0 amide bonds. The summed E-state index contributed by atoms with van der Waals surface area (Å²) >= 11 is 0. The van der Waals surface area contributed by atoms with Gasteiger partial charge in [0.15, 0.2) is 12.4 Å². The van der Waals surface area contributed by atoms with Crippen LogP contribution in [0.1, 0.15) is 142 Å². The Morgan fingerprint density at radius 1 is 0.583 bits per heavy atom. The summed E-state index contributed by atoms with van der Waals surface area (Å²) in [5.74, 6) is -2.08. The molecule has 1 aliphatic heterocycles. The van der Waals surface area contributed by atoms with Crippen molar-refractivity contribution in [2.24, 2.45) is 0 Å². The average Bonchev–Trinajstić information content (AvgIpc) is 3.21. The Bertz CT molecular complexity index is 1430. The highest BCUT2D eigenvalue weighted by Gasteiger charge is 2.46. The van der Waals surface area contributed by atoms with E-state index in [1.165, 1.54) is 19.3 Å². The molecule has 1 saturated heterocycles. The van der Waals surface area contributed by atoms with Crippen LogP contribution >= 0.6 is 0 Å². The molecule has 0 aromatic heterocycles. The van der Waals surface area contributed by atoms with E-state index in [1.807, 2.05) is 0 Å². The molecule has 2 unspecified atom stereocenters. The minimum Gasteiger partial charge on any atom is -0.462 e. The van der Waals surface area contributed by atoms with Crippen molar-refractivity contribution < 1.29 is 56.8 Å². The lowest BCUT2D eigenvalue weighted by Crippen LogP contribution is -2.60. The minimum atomic E-state index is -4.61. The second kappa shape index (κ2) is 36.5. The lowest BCUT2D eigenvalue weighted by Gasteiger charge is -2.40. The van der Waals surface area contributed by atoms with Crippen molar-refractivity contribution in [3.8, 4) is 0 Å². The minimum absolute atomic E-state index is 0.124. The molecule has 0 bridgehead atoms. The van der Waals surface area contributed by atoms with Crippen molar-refractivity contribution in [2.45, 2.75) is 179 Å². The Hall–Kier alpha value is -3.17. The molecule has 1 aliphatic rings. The van der Waals surface area contributed by atoms with Crippen LogP contribution in [0.5, 0.6) is 0 Å². The van der Waals surface area contributed by atoms with E-state index >= 15 is 0 Å². The number of rotatable bonds is 35. The second-order valence-electron chi connectivity index (χ2n) is 15.0. The van der Waals surface area contributed by atoms with Crippen LogP contribution in [0.25, 0.3) is 0 Å². The van der Waals surface area contributed by atoms with Gasteiger partial charge >= 0.3 is 11.9 Å².